The van der Waals surface area contributed by atoms with Gasteiger partial charge in [0.2, 0.25) is 0 Å². The van der Waals surface area contributed by atoms with Crippen molar-refractivity contribution in [1.29, 1.82) is 0 Å². The third kappa shape index (κ3) is 3.52. The Bertz CT molecular complexity index is 395. The first-order valence-corrected chi connectivity index (χ1v) is 4.07. The molecule has 15 heavy (non-hydrogen) atoms. The number of ether oxygens (including phenoxy) is 1. The zero-order valence-electron chi connectivity index (χ0n) is 7.64. The van der Waals surface area contributed by atoms with Gasteiger partial charge in [0.1, 0.15) is 0 Å². The van der Waals surface area contributed by atoms with Crippen LogP contribution in [0.15, 0.2) is 18.2 Å². The highest BCUT2D eigenvalue weighted by Gasteiger charge is 2.09. The number of benzene rings is 1. The molecular weight excluding hydrogens is 207 g/mol. The maximum atomic E-state index is 12.9. The van der Waals surface area contributed by atoms with Gasteiger partial charge in [-0.05, 0) is 18.2 Å². The fourth-order valence-corrected chi connectivity index (χ4v) is 0.921. The maximum Gasteiger partial charge on any atom is 0.387 e. The van der Waals surface area contributed by atoms with E-state index in [1.54, 1.807) is 0 Å². The molecule has 2 N–H and O–H groups in total. The van der Waals surface area contributed by atoms with Crippen LogP contribution in [0.5, 0.6) is 5.75 Å². The summed E-state index contributed by atoms with van der Waals surface area (Å²) in [5, 5.41) is 0. The summed E-state index contributed by atoms with van der Waals surface area (Å²) in [6.45, 7) is -2.92. The van der Waals surface area contributed by atoms with Crippen molar-refractivity contribution in [3.63, 3.8) is 0 Å². The van der Waals surface area contributed by atoms with Gasteiger partial charge in [0, 0.05) is 5.56 Å². The highest BCUT2D eigenvalue weighted by atomic mass is 19.3. The van der Waals surface area contributed by atoms with E-state index >= 15 is 0 Å². The second-order valence-electron chi connectivity index (χ2n) is 2.53. The minimum absolute atomic E-state index is 0.141. The summed E-state index contributed by atoms with van der Waals surface area (Å²) in [4.78, 5) is 0. The van der Waals surface area contributed by atoms with E-state index in [4.69, 9.17) is 5.73 Å². The van der Waals surface area contributed by atoms with Crippen molar-refractivity contribution in [2.75, 3.05) is 6.54 Å². The second kappa shape index (κ2) is 5.27. The number of alkyl halides is 2. The molecule has 0 aliphatic heterocycles. The summed E-state index contributed by atoms with van der Waals surface area (Å²) in [6, 6.07) is 3.47. The van der Waals surface area contributed by atoms with Gasteiger partial charge in [-0.25, -0.2) is 4.39 Å². The molecule has 0 radical (unpaired) electrons. The number of hydrogen-bond acceptors (Lipinski definition) is 2. The van der Waals surface area contributed by atoms with Gasteiger partial charge in [-0.2, -0.15) is 8.78 Å². The average molecular weight is 215 g/mol. The molecular formula is C10H8F3NO. The molecule has 5 heteroatoms. The lowest BCUT2D eigenvalue weighted by Gasteiger charge is -2.05. The van der Waals surface area contributed by atoms with E-state index in [1.807, 2.05) is 0 Å². The molecule has 0 aliphatic carbocycles. The standard InChI is InChI=1S/C10H8F3NO/c11-8-4-3-7(2-1-5-14)6-9(8)15-10(12)13/h3-4,6,10H,5,14H2. The largest absolute Gasteiger partial charge is 0.432 e. The van der Waals surface area contributed by atoms with Crippen molar-refractivity contribution in [2.45, 2.75) is 6.61 Å². The Kier molecular flexibility index (Phi) is 4.01. The Morgan fingerprint density at radius 2 is 2.13 bits per heavy atom. The van der Waals surface area contributed by atoms with Crippen LogP contribution in [0.3, 0.4) is 0 Å². The van der Waals surface area contributed by atoms with Gasteiger partial charge in [-0.1, -0.05) is 11.8 Å². The molecule has 0 saturated heterocycles. The van der Waals surface area contributed by atoms with E-state index in [0.29, 0.717) is 5.56 Å². The van der Waals surface area contributed by atoms with Crippen LogP contribution in [-0.4, -0.2) is 13.2 Å². The van der Waals surface area contributed by atoms with Crippen LogP contribution >= 0.6 is 0 Å². The van der Waals surface area contributed by atoms with Crippen molar-refractivity contribution in [2.24, 2.45) is 5.73 Å². The Hall–Kier alpha value is -1.67. The lowest BCUT2D eigenvalue weighted by molar-refractivity contribution is -0.0521. The van der Waals surface area contributed by atoms with Gasteiger partial charge in [0.15, 0.2) is 11.6 Å². The van der Waals surface area contributed by atoms with Crippen molar-refractivity contribution < 1.29 is 17.9 Å². The molecule has 2 nitrogen and oxygen atoms in total. The summed E-state index contributed by atoms with van der Waals surface area (Å²) < 4.78 is 40.6. The fraction of sp³-hybridized carbons (Fsp3) is 0.200. The minimum atomic E-state index is -3.06. The van der Waals surface area contributed by atoms with Gasteiger partial charge in [-0.15, -0.1) is 0 Å². The van der Waals surface area contributed by atoms with Crippen LogP contribution in [0.4, 0.5) is 13.2 Å². The zero-order chi connectivity index (χ0) is 11.3. The highest BCUT2D eigenvalue weighted by molar-refractivity contribution is 5.40. The van der Waals surface area contributed by atoms with E-state index in [1.165, 1.54) is 6.07 Å². The number of rotatable bonds is 2. The molecule has 0 atom stereocenters. The van der Waals surface area contributed by atoms with Gasteiger partial charge < -0.3 is 10.5 Å². The molecule has 1 aromatic rings. The topological polar surface area (TPSA) is 35.2 Å². The summed E-state index contributed by atoms with van der Waals surface area (Å²) >= 11 is 0. The van der Waals surface area contributed by atoms with Gasteiger partial charge >= 0.3 is 6.61 Å². The van der Waals surface area contributed by atoms with E-state index in [0.717, 1.165) is 12.1 Å². The molecule has 1 aromatic carbocycles. The van der Waals surface area contributed by atoms with E-state index in [-0.39, 0.29) is 6.54 Å². The van der Waals surface area contributed by atoms with Crippen molar-refractivity contribution in [1.82, 2.24) is 0 Å². The Labute approximate surface area is 84.8 Å². The normalized spacial score (nSPS) is 9.67. The van der Waals surface area contributed by atoms with Crippen LogP contribution in [-0.2, 0) is 0 Å². The highest BCUT2D eigenvalue weighted by Crippen LogP contribution is 2.20. The van der Waals surface area contributed by atoms with E-state index in [2.05, 4.69) is 16.6 Å². The summed E-state index contributed by atoms with van der Waals surface area (Å²) in [5.41, 5.74) is 5.50. The number of halogens is 3. The Morgan fingerprint density at radius 3 is 2.73 bits per heavy atom. The first-order chi connectivity index (χ1) is 7.13. The first kappa shape index (κ1) is 11.4. The van der Waals surface area contributed by atoms with Crippen LogP contribution in [0.1, 0.15) is 5.56 Å². The smallest absolute Gasteiger partial charge is 0.387 e. The molecule has 80 valence electrons. The van der Waals surface area contributed by atoms with Gasteiger partial charge in [0.05, 0.1) is 6.54 Å². The summed E-state index contributed by atoms with van der Waals surface area (Å²) in [5.74, 6) is 3.72. The molecule has 0 spiro atoms. The van der Waals surface area contributed by atoms with Crippen molar-refractivity contribution >= 4 is 0 Å². The SMILES string of the molecule is NCC#Cc1ccc(F)c(OC(F)F)c1. The zero-order valence-corrected chi connectivity index (χ0v) is 7.64. The molecule has 0 fully saturated rings. The minimum Gasteiger partial charge on any atom is -0.432 e. The molecule has 1 rings (SSSR count). The lowest BCUT2D eigenvalue weighted by atomic mass is 10.2. The molecule has 0 aliphatic rings. The summed E-state index contributed by atoms with van der Waals surface area (Å²) in [7, 11) is 0. The molecule has 0 amide bonds. The fourth-order valence-electron chi connectivity index (χ4n) is 0.921. The predicted molar refractivity (Wildman–Crippen MR) is 49.0 cm³/mol. The maximum absolute atomic E-state index is 12.9. The van der Waals surface area contributed by atoms with Crippen molar-refractivity contribution in [3.05, 3.63) is 29.6 Å². The second-order valence-corrected chi connectivity index (χ2v) is 2.53. The first-order valence-electron chi connectivity index (χ1n) is 4.07. The van der Waals surface area contributed by atoms with Gasteiger partial charge in [0.25, 0.3) is 0 Å². The third-order valence-electron chi connectivity index (χ3n) is 1.48. The monoisotopic (exact) mass is 215 g/mol. The predicted octanol–water partition coefficient (Wildman–Crippen LogP) is 1.74. The lowest BCUT2D eigenvalue weighted by Crippen LogP contribution is -2.03. The molecule has 0 saturated carbocycles. The molecule has 0 bridgehead atoms. The van der Waals surface area contributed by atoms with E-state index < -0.39 is 18.2 Å². The Morgan fingerprint density at radius 1 is 1.40 bits per heavy atom. The molecule has 0 unspecified atom stereocenters. The number of hydrogen-bond donors (Lipinski definition) is 1. The van der Waals surface area contributed by atoms with Crippen LogP contribution < -0.4 is 10.5 Å². The van der Waals surface area contributed by atoms with Crippen LogP contribution in [0.2, 0.25) is 0 Å². The quantitative estimate of drug-likeness (QED) is 0.762. The van der Waals surface area contributed by atoms with Crippen LogP contribution in [0, 0.1) is 17.7 Å². The van der Waals surface area contributed by atoms with Gasteiger partial charge in [-0.3, -0.25) is 0 Å². The third-order valence-corrected chi connectivity index (χ3v) is 1.48. The van der Waals surface area contributed by atoms with Crippen molar-refractivity contribution in [3.8, 4) is 17.6 Å². The molecule has 0 heterocycles. The Balaban J connectivity index is 2.94. The number of nitrogens with two attached hydrogens (primary N) is 1. The van der Waals surface area contributed by atoms with Crippen LogP contribution in [0.25, 0.3) is 0 Å². The average Bonchev–Trinajstić information content (AvgIpc) is 2.18. The summed E-state index contributed by atoms with van der Waals surface area (Å²) in [6.07, 6.45) is 0. The molecule has 0 aromatic heterocycles. The van der Waals surface area contributed by atoms with E-state index in [9.17, 15) is 13.2 Å².